The predicted octanol–water partition coefficient (Wildman–Crippen LogP) is 23.0. The van der Waals surface area contributed by atoms with Gasteiger partial charge >= 0.3 is 0 Å². The minimum Gasteiger partial charge on any atom is -0.242 e. The summed E-state index contributed by atoms with van der Waals surface area (Å²) in [5.74, 6) is 0. The Morgan fingerprint density at radius 2 is 0.584 bits per heavy atom. The zero-order valence-electron chi connectivity index (χ0n) is 53.8. The van der Waals surface area contributed by atoms with Crippen LogP contribution in [0.1, 0.15) is 161 Å². The van der Waals surface area contributed by atoms with E-state index in [0.29, 0.717) is 0 Å². The molecule has 0 bridgehead atoms. The van der Waals surface area contributed by atoms with Gasteiger partial charge in [-0.1, -0.05) is 276 Å². The van der Waals surface area contributed by atoms with Crippen molar-refractivity contribution >= 4 is 54.9 Å². The van der Waals surface area contributed by atoms with Gasteiger partial charge < -0.3 is 0 Å². The van der Waals surface area contributed by atoms with Crippen molar-refractivity contribution in [1.29, 1.82) is 0 Å². The number of hydrogen-bond acceptors (Lipinski definition) is 3. The molecule has 434 valence electrons. The summed E-state index contributed by atoms with van der Waals surface area (Å²) in [4.78, 5) is 14.6. The molecule has 89 heavy (non-hydrogen) atoms. The van der Waals surface area contributed by atoms with E-state index in [9.17, 15) is 0 Å². The second-order valence-corrected chi connectivity index (χ2v) is 31.6. The molecule has 4 aliphatic carbocycles. The molecule has 0 amide bonds. The average molecular weight is 1170 g/mol. The number of hydrogen-bond donors (Lipinski definition) is 0. The quantitative estimate of drug-likeness (QED) is 0.161. The highest BCUT2D eigenvalue weighted by molar-refractivity contribution is 7.21. The topological polar surface area (TPSA) is 25.8 Å². The van der Waals surface area contributed by atoms with E-state index in [-0.39, 0.29) is 21.7 Å². The first kappa shape index (κ1) is 54.4. The van der Waals surface area contributed by atoms with E-state index in [1.807, 2.05) is 11.3 Å². The van der Waals surface area contributed by atoms with E-state index in [2.05, 4.69) is 291 Å². The third kappa shape index (κ3) is 7.26. The minimum absolute atomic E-state index is 0.0577. The van der Waals surface area contributed by atoms with Gasteiger partial charge in [-0.15, -0.1) is 11.3 Å². The number of benzene rings is 11. The van der Waals surface area contributed by atoms with Crippen LogP contribution in [0.15, 0.2) is 194 Å². The molecule has 2 nitrogen and oxygen atoms in total. The van der Waals surface area contributed by atoms with Crippen LogP contribution in [0, 0.1) is 13.8 Å². The number of rotatable bonds is 2. The molecular weight excluding hydrogens is 1090 g/mol. The van der Waals surface area contributed by atoms with E-state index >= 15 is 0 Å². The largest absolute Gasteiger partial charge is 0.242 e. The summed E-state index contributed by atoms with van der Waals surface area (Å²) in [5.41, 5.74) is 33.8. The van der Waals surface area contributed by atoms with Gasteiger partial charge in [0.15, 0.2) is 0 Å². The molecule has 3 heteroatoms. The van der Waals surface area contributed by atoms with E-state index in [1.165, 1.54) is 144 Å². The second kappa shape index (κ2) is 18.0. The maximum atomic E-state index is 6.15. The molecule has 0 saturated carbocycles. The fourth-order valence-corrected chi connectivity index (χ4v) is 17.8. The van der Waals surface area contributed by atoms with Gasteiger partial charge in [0.05, 0.1) is 31.6 Å². The summed E-state index contributed by atoms with van der Waals surface area (Å²) in [7, 11) is 0. The molecule has 0 fully saturated rings. The highest BCUT2D eigenvalue weighted by Gasteiger charge is 2.55. The fraction of sp³-hybridized carbons (Fsp3) is 0.233. The lowest BCUT2D eigenvalue weighted by molar-refractivity contribution is 0.586. The van der Waals surface area contributed by atoms with Gasteiger partial charge in [0.1, 0.15) is 11.0 Å². The van der Waals surface area contributed by atoms with E-state index in [4.69, 9.17) is 9.97 Å². The molecule has 2 aromatic heterocycles. The Labute approximate surface area is 528 Å². The van der Waals surface area contributed by atoms with Crippen LogP contribution in [-0.2, 0) is 32.5 Å². The Morgan fingerprint density at radius 3 is 0.921 bits per heavy atom. The normalized spacial score (nSPS) is 14.8. The molecule has 0 unspecified atom stereocenters. The van der Waals surface area contributed by atoms with E-state index in [0.717, 1.165) is 42.6 Å². The molecule has 0 saturated heterocycles. The van der Waals surface area contributed by atoms with Crippen LogP contribution < -0.4 is 0 Å². The Bertz CT molecular complexity index is 4870. The average Bonchev–Trinajstić information content (AvgIpc) is 1.53. The molecule has 0 radical (unpaired) electrons. The Morgan fingerprint density at radius 1 is 0.270 bits per heavy atom. The van der Waals surface area contributed by atoms with Crippen molar-refractivity contribution in [1.82, 2.24) is 9.97 Å². The van der Waals surface area contributed by atoms with Gasteiger partial charge in [0.2, 0.25) is 0 Å². The van der Waals surface area contributed by atoms with Gasteiger partial charge in [0, 0.05) is 21.9 Å². The van der Waals surface area contributed by atoms with E-state index < -0.39 is 10.8 Å². The molecule has 0 N–H and O–H groups in total. The summed E-state index contributed by atoms with van der Waals surface area (Å²) in [6.45, 7) is 32.6. The van der Waals surface area contributed by atoms with Crippen molar-refractivity contribution in [3.63, 3.8) is 0 Å². The van der Waals surface area contributed by atoms with Gasteiger partial charge in [0.25, 0.3) is 0 Å². The molecule has 2 heterocycles. The van der Waals surface area contributed by atoms with Gasteiger partial charge in [-0.05, 0) is 170 Å². The highest BCUT2D eigenvalue weighted by Crippen LogP contribution is 2.68. The first-order valence-corrected chi connectivity index (χ1v) is 32.9. The summed E-state index contributed by atoms with van der Waals surface area (Å²) < 4.78 is 0. The first-order chi connectivity index (χ1) is 42.5. The molecule has 17 rings (SSSR count). The third-order valence-corrected chi connectivity index (χ3v) is 22.3. The fourth-order valence-electron chi connectivity index (χ4n) is 16.6. The van der Waals surface area contributed by atoms with Crippen LogP contribution in [0.2, 0.25) is 0 Å². The predicted molar refractivity (Wildman–Crippen MR) is 378 cm³/mol. The lowest BCUT2D eigenvalue weighted by atomic mass is 9.68. The lowest BCUT2D eigenvalue weighted by Crippen LogP contribution is -2.27. The number of thiophene rings is 1. The summed E-state index contributed by atoms with van der Waals surface area (Å²) in [5, 5.41) is 4.67. The van der Waals surface area contributed by atoms with Gasteiger partial charge in [-0.25, -0.2) is 9.97 Å². The number of aryl methyl sites for hydroxylation is 2. The maximum Gasteiger partial charge on any atom is 0.109 e. The van der Waals surface area contributed by atoms with Crippen LogP contribution >= 0.6 is 11.3 Å². The summed E-state index contributed by atoms with van der Waals surface area (Å²) >= 11 is 1.89. The number of aromatic nitrogens is 2. The van der Waals surface area contributed by atoms with Gasteiger partial charge in [-0.2, -0.15) is 0 Å². The molecule has 0 aliphatic heterocycles. The van der Waals surface area contributed by atoms with Crippen LogP contribution in [0.3, 0.4) is 0 Å². The molecule has 2 spiro atoms. The first-order valence-electron chi connectivity index (χ1n) is 32.1. The molecule has 13 aromatic rings. The van der Waals surface area contributed by atoms with Crippen molar-refractivity contribution in [2.24, 2.45) is 0 Å². The van der Waals surface area contributed by atoms with Crippen molar-refractivity contribution < 1.29 is 0 Å². The second-order valence-electron chi connectivity index (χ2n) is 30.6. The smallest absolute Gasteiger partial charge is 0.109 e. The van der Waals surface area contributed by atoms with Crippen LogP contribution in [-0.4, -0.2) is 9.97 Å². The summed E-state index contributed by atoms with van der Waals surface area (Å²) in [6.07, 6.45) is 0. The lowest BCUT2D eigenvalue weighted by Gasteiger charge is -2.33. The Balaban J connectivity index is 1.01. The number of nitrogens with zero attached hydrogens (tertiary/aromatic N) is 2. The van der Waals surface area contributed by atoms with Crippen molar-refractivity contribution in [3.05, 3.63) is 272 Å². The maximum absolute atomic E-state index is 6.15. The molecule has 4 aliphatic rings. The minimum atomic E-state index is -0.570. The molecule has 11 aromatic carbocycles. The van der Waals surface area contributed by atoms with Crippen LogP contribution in [0.25, 0.3) is 109 Å². The van der Waals surface area contributed by atoms with Crippen LogP contribution in [0.4, 0.5) is 0 Å². The van der Waals surface area contributed by atoms with Gasteiger partial charge in [-0.3, -0.25) is 0 Å². The Hall–Kier alpha value is -8.76. The zero-order chi connectivity index (χ0) is 61.4. The van der Waals surface area contributed by atoms with E-state index in [1.54, 1.807) is 0 Å². The highest BCUT2D eigenvalue weighted by atomic mass is 32.1. The zero-order valence-corrected chi connectivity index (χ0v) is 54.6. The Kier molecular flexibility index (Phi) is 11.0. The number of fused-ring (bicyclic) bond motifs is 27. The van der Waals surface area contributed by atoms with Crippen LogP contribution in [0.5, 0.6) is 0 Å². The monoisotopic (exact) mass is 1170 g/mol. The van der Waals surface area contributed by atoms with Crippen molar-refractivity contribution in [2.45, 2.75) is 129 Å². The SMILES string of the molecule is Cc1ccc2c3ccc(C)cc3c3nc4c(-c5cccc6c5-c5ccccc5C65c6cc(C(C)(C)C)ccc6-c6ccc(C(C)(C)C)cc65)sc(-c5cccc6c5-c5ccccc5C65c6cc(C(C)(C)C)ccc6-c6ccc(C(C)(C)C)cc65)c4nc3c2c1. The molecule has 0 atom stereocenters. The third-order valence-electron chi connectivity index (χ3n) is 21.0. The summed E-state index contributed by atoms with van der Waals surface area (Å²) in [6, 6.07) is 76.5. The van der Waals surface area contributed by atoms with Crippen molar-refractivity contribution in [3.8, 4) is 65.4 Å². The molecular formula is C86H74N2S. The van der Waals surface area contributed by atoms with Crippen molar-refractivity contribution in [2.75, 3.05) is 0 Å². The standard InChI is InChI=1S/C86H74N2S/c1-47-29-35-53-54-36-30-48(2)42-64(54)76-75(63(53)41-47)87-77-78(88-76)80(62-24-20-28-68-74(62)60-22-16-18-26-66(60)86(68)71-45-51(83(9,10)11)33-39-57(71)58-40-34-52(46-72(58)86)84(12,13)14)89-79(77)61-23-19-27-67-73(61)59-21-15-17-25-65(59)85(67)69-43-49(81(3,4)5)31-37-55(69)56-38-32-50(44-70(56)85)82(6,7)8/h15-46H,1-14H3.